The molecule has 56 heavy (non-hydrogen) atoms. The van der Waals surface area contributed by atoms with E-state index in [0.29, 0.717) is 80.8 Å². The summed E-state index contributed by atoms with van der Waals surface area (Å²) >= 11 is 0. The molecule has 1 aromatic rings. The minimum atomic E-state index is -0.667. The number of ketones is 2. The van der Waals surface area contributed by atoms with Crippen LogP contribution in [0.4, 0.5) is 5.69 Å². The summed E-state index contributed by atoms with van der Waals surface area (Å²) in [5.74, 6) is -0.434. The molecule has 1 heterocycles. The van der Waals surface area contributed by atoms with Gasteiger partial charge in [-0.2, -0.15) is 0 Å². The zero-order valence-corrected chi connectivity index (χ0v) is 34.5. The van der Waals surface area contributed by atoms with E-state index in [9.17, 15) is 34.1 Å². The molecule has 1 atom stereocenters. The average Bonchev–Trinajstić information content (AvgIpc) is 3.48. The summed E-state index contributed by atoms with van der Waals surface area (Å²) in [7, 11) is 0. The van der Waals surface area contributed by atoms with Crippen LogP contribution in [0.5, 0.6) is 5.75 Å². The number of Topliss-reactive ketones (excluding diaryl/α,β-unsaturated/α-hetero) is 2. The van der Waals surface area contributed by atoms with Crippen LogP contribution in [0.15, 0.2) is 24.3 Å². The van der Waals surface area contributed by atoms with Crippen LogP contribution in [0.3, 0.4) is 0 Å². The summed E-state index contributed by atoms with van der Waals surface area (Å²) in [6, 6.07) is 2.30. The molecule has 314 valence electrons. The van der Waals surface area contributed by atoms with Crippen molar-refractivity contribution in [3.8, 4) is 5.75 Å². The first kappa shape index (κ1) is 48.2. The number of amides is 3. The number of carbonyl (C=O) groups excluding carboxylic acids is 5. The first-order valence-corrected chi connectivity index (χ1v) is 21.4. The number of benzene rings is 1. The van der Waals surface area contributed by atoms with E-state index in [2.05, 4.69) is 12.2 Å². The van der Waals surface area contributed by atoms with E-state index in [1.54, 1.807) is 19.9 Å². The summed E-state index contributed by atoms with van der Waals surface area (Å²) in [5, 5.41) is 14.7. The van der Waals surface area contributed by atoms with Crippen molar-refractivity contribution in [3.05, 3.63) is 45.5 Å². The highest BCUT2D eigenvalue weighted by Gasteiger charge is 2.25. The Balaban J connectivity index is 1.50. The Morgan fingerprint density at radius 2 is 1.18 bits per heavy atom. The molecule has 0 spiro atoms. The smallest absolute Gasteiger partial charge is 0.278 e. The molecule has 3 amide bonds. The van der Waals surface area contributed by atoms with E-state index in [0.717, 1.165) is 17.7 Å². The Morgan fingerprint density at radius 1 is 0.696 bits per heavy atom. The number of nitrogens with zero attached hydrogens (tertiary/aromatic N) is 2. The van der Waals surface area contributed by atoms with Gasteiger partial charge in [0, 0.05) is 64.0 Å². The van der Waals surface area contributed by atoms with Gasteiger partial charge in [0.05, 0.1) is 29.2 Å². The number of hydrogen-bond donors (Lipinski definition) is 1. The maximum absolute atomic E-state index is 12.5. The molecule has 0 aromatic heterocycles. The van der Waals surface area contributed by atoms with E-state index in [-0.39, 0.29) is 43.4 Å². The van der Waals surface area contributed by atoms with E-state index in [1.165, 1.54) is 95.3 Å². The van der Waals surface area contributed by atoms with Crippen molar-refractivity contribution >= 4 is 35.0 Å². The topological polar surface area (TPSA) is 162 Å². The highest BCUT2D eigenvalue weighted by atomic mass is 16.6. The van der Waals surface area contributed by atoms with Crippen LogP contribution in [0.1, 0.15) is 179 Å². The molecular formula is C44H69N3O9. The third kappa shape index (κ3) is 20.8. The lowest BCUT2D eigenvalue weighted by Gasteiger charge is -2.18. The standard InChI is InChI=1S/C44H69N3O9/c1-4-5-6-7-8-9-10-11-12-13-14-15-16-17-22-37(48)23-19-30-55-31-20-24-38(49)25-21-32-56-41-34-40(47(53)54)39(33-35(41)2)36(3)45-42(50)26-18-29-46-43(51)27-28-44(46)52/h27-28,33-34,36H,4-26,29-32H2,1-3H3,(H,45,50). The molecule has 2 rings (SSSR count). The number of aryl methyl sites for hydroxylation is 1. The molecule has 1 aromatic carbocycles. The summed E-state index contributed by atoms with van der Waals surface area (Å²) < 4.78 is 11.5. The monoisotopic (exact) mass is 784 g/mol. The second-order valence-electron chi connectivity index (χ2n) is 15.2. The summed E-state index contributed by atoms with van der Waals surface area (Å²) in [4.78, 5) is 72.9. The number of nitrogens with one attached hydrogen (secondary N) is 1. The van der Waals surface area contributed by atoms with Gasteiger partial charge in [-0.25, -0.2) is 0 Å². The molecule has 1 aliphatic rings. The highest BCUT2D eigenvalue weighted by Crippen LogP contribution is 2.33. The van der Waals surface area contributed by atoms with Crippen molar-refractivity contribution in [1.82, 2.24) is 10.2 Å². The lowest BCUT2D eigenvalue weighted by molar-refractivity contribution is -0.385. The number of nitro groups is 1. The fraction of sp³-hybridized carbons (Fsp3) is 0.705. The highest BCUT2D eigenvalue weighted by molar-refractivity contribution is 6.12. The van der Waals surface area contributed by atoms with Crippen molar-refractivity contribution in [3.63, 3.8) is 0 Å². The van der Waals surface area contributed by atoms with Gasteiger partial charge in [-0.15, -0.1) is 0 Å². The van der Waals surface area contributed by atoms with Crippen LogP contribution >= 0.6 is 0 Å². The first-order chi connectivity index (χ1) is 27.0. The molecule has 0 saturated carbocycles. The normalized spacial score (nSPS) is 13.0. The van der Waals surface area contributed by atoms with Gasteiger partial charge >= 0.3 is 0 Å². The Hall–Kier alpha value is -3.93. The average molecular weight is 784 g/mol. The SMILES string of the molecule is CCCCCCCCCCCCCCCCC(=O)CCCOCCCC(=O)CCCOc1cc([N+](=O)[O-])c(C(C)NC(=O)CCCN2C(=O)C=CC2=O)cc1C. The number of hydrogen-bond acceptors (Lipinski definition) is 9. The molecule has 12 heteroatoms. The first-order valence-electron chi connectivity index (χ1n) is 21.4. The number of nitro benzene ring substituents is 1. The summed E-state index contributed by atoms with van der Waals surface area (Å²) in [5.41, 5.74) is 0.792. The largest absolute Gasteiger partial charge is 0.493 e. The predicted molar refractivity (Wildman–Crippen MR) is 218 cm³/mol. The minimum absolute atomic E-state index is 0.0446. The van der Waals surface area contributed by atoms with Crippen molar-refractivity contribution in [1.29, 1.82) is 0 Å². The Kier molecular flexibility index (Phi) is 25.3. The van der Waals surface area contributed by atoms with Crippen LogP contribution in [0, 0.1) is 17.0 Å². The van der Waals surface area contributed by atoms with Gasteiger partial charge in [0.1, 0.15) is 17.3 Å². The number of ether oxygens (including phenoxy) is 2. The van der Waals surface area contributed by atoms with E-state index < -0.39 is 22.8 Å². The maximum atomic E-state index is 12.5. The molecule has 1 N–H and O–H groups in total. The quantitative estimate of drug-likeness (QED) is 0.0306. The van der Waals surface area contributed by atoms with Crippen molar-refractivity contribution in [2.24, 2.45) is 0 Å². The van der Waals surface area contributed by atoms with Crippen LogP contribution in [-0.2, 0) is 28.7 Å². The van der Waals surface area contributed by atoms with Crippen molar-refractivity contribution < 1.29 is 38.4 Å². The zero-order chi connectivity index (χ0) is 41.0. The van der Waals surface area contributed by atoms with Gasteiger partial charge in [0.25, 0.3) is 17.5 Å². The van der Waals surface area contributed by atoms with Gasteiger partial charge in [-0.05, 0) is 57.6 Å². The zero-order valence-electron chi connectivity index (χ0n) is 34.5. The minimum Gasteiger partial charge on any atom is -0.493 e. The van der Waals surface area contributed by atoms with Crippen LogP contribution in [0.25, 0.3) is 0 Å². The van der Waals surface area contributed by atoms with Gasteiger partial charge in [0.2, 0.25) is 5.91 Å². The number of unbranched alkanes of at least 4 members (excludes halogenated alkanes) is 13. The molecule has 1 unspecified atom stereocenters. The number of rotatable bonds is 35. The van der Waals surface area contributed by atoms with Gasteiger partial charge in [-0.1, -0.05) is 90.4 Å². The van der Waals surface area contributed by atoms with Gasteiger partial charge in [0.15, 0.2) is 0 Å². The molecule has 0 fully saturated rings. The van der Waals surface area contributed by atoms with Crippen molar-refractivity contribution in [2.75, 3.05) is 26.4 Å². The summed E-state index contributed by atoms with van der Waals surface area (Å²) in [6.07, 6.45) is 24.7. The second-order valence-corrected chi connectivity index (χ2v) is 15.2. The molecule has 1 aliphatic heterocycles. The Labute approximate surface area is 335 Å². The van der Waals surface area contributed by atoms with E-state index in [4.69, 9.17) is 9.47 Å². The third-order valence-electron chi connectivity index (χ3n) is 10.2. The molecule has 0 bridgehead atoms. The molecule has 0 aliphatic carbocycles. The fourth-order valence-electron chi connectivity index (χ4n) is 6.86. The predicted octanol–water partition coefficient (Wildman–Crippen LogP) is 9.53. The Morgan fingerprint density at radius 3 is 1.70 bits per heavy atom. The van der Waals surface area contributed by atoms with Gasteiger partial charge < -0.3 is 14.8 Å². The van der Waals surface area contributed by atoms with Crippen molar-refractivity contribution in [2.45, 2.75) is 174 Å². The number of carbonyl (C=O) groups is 5. The third-order valence-corrected chi connectivity index (χ3v) is 10.2. The molecule has 12 nitrogen and oxygen atoms in total. The lowest BCUT2D eigenvalue weighted by Crippen LogP contribution is -2.32. The molecule has 0 saturated heterocycles. The van der Waals surface area contributed by atoms with E-state index in [1.807, 2.05) is 0 Å². The van der Waals surface area contributed by atoms with Crippen LogP contribution < -0.4 is 10.1 Å². The van der Waals surface area contributed by atoms with E-state index >= 15 is 0 Å². The Bertz CT molecular complexity index is 1390. The molecule has 0 radical (unpaired) electrons. The van der Waals surface area contributed by atoms with Gasteiger partial charge in [-0.3, -0.25) is 39.0 Å². The lowest BCUT2D eigenvalue weighted by atomic mass is 10.0. The van der Waals surface area contributed by atoms with Crippen LogP contribution in [-0.4, -0.2) is 65.5 Å². The molecular weight excluding hydrogens is 714 g/mol. The fourth-order valence-corrected chi connectivity index (χ4v) is 6.86. The van der Waals surface area contributed by atoms with Crippen LogP contribution in [0.2, 0.25) is 0 Å². The second kappa shape index (κ2) is 29.3. The summed E-state index contributed by atoms with van der Waals surface area (Å²) in [6.45, 7) is 7.00. The number of imide groups is 1. The maximum Gasteiger partial charge on any atom is 0.278 e.